The molecule has 1 atom stereocenters. The minimum absolute atomic E-state index is 0.253. The highest BCUT2D eigenvalue weighted by atomic mass is 79.9. The summed E-state index contributed by atoms with van der Waals surface area (Å²) in [6.45, 7) is 1.30. The summed E-state index contributed by atoms with van der Waals surface area (Å²) in [5.41, 5.74) is 0. The number of likely N-dealkylation sites (N-methyl/N-ethyl adjacent to an activating group) is 1. The topological polar surface area (TPSA) is 46.4 Å². The third-order valence-electron chi connectivity index (χ3n) is 1.72. The van der Waals surface area contributed by atoms with Gasteiger partial charge in [-0.2, -0.15) is 0 Å². The van der Waals surface area contributed by atoms with Gasteiger partial charge in [-0.3, -0.25) is 15.0 Å². The average molecular weight is 209 g/mol. The summed E-state index contributed by atoms with van der Waals surface area (Å²) < 4.78 is -0.873. The van der Waals surface area contributed by atoms with E-state index in [0.717, 1.165) is 6.54 Å². The minimum Gasteiger partial charge on any atom is -0.299 e. The molecule has 0 N–H and O–H groups in total. The Bertz CT molecular complexity index is 164. The Morgan fingerprint density at radius 1 is 1.80 bits per heavy atom. The summed E-state index contributed by atoms with van der Waals surface area (Å²) in [6, 6.07) is 0. The fourth-order valence-electron chi connectivity index (χ4n) is 1.08. The number of nitro groups is 1. The zero-order valence-corrected chi connectivity index (χ0v) is 7.30. The third-order valence-corrected chi connectivity index (χ3v) is 2.65. The highest BCUT2D eigenvalue weighted by Crippen LogP contribution is 2.29. The van der Waals surface area contributed by atoms with Crippen LogP contribution in [0, 0.1) is 10.1 Å². The normalized spacial score (nSPS) is 34.6. The Balaban J connectivity index is 2.63. The zero-order valence-electron chi connectivity index (χ0n) is 5.71. The Hall–Kier alpha value is -0.160. The smallest absolute Gasteiger partial charge is 0.288 e. The largest absolute Gasteiger partial charge is 0.299 e. The number of hydrogen-bond donors (Lipinski definition) is 0. The van der Waals surface area contributed by atoms with Crippen molar-refractivity contribution in [1.29, 1.82) is 0 Å². The van der Waals surface area contributed by atoms with Gasteiger partial charge in [-0.15, -0.1) is 0 Å². The molecule has 1 saturated heterocycles. The summed E-state index contributed by atoms with van der Waals surface area (Å²) in [6.07, 6.45) is 0.594. The highest BCUT2D eigenvalue weighted by molar-refractivity contribution is 9.10. The van der Waals surface area contributed by atoms with Crippen LogP contribution in [0.3, 0.4) is 0 Å². The Morgan fingerprint density at radius 3 is 2.60 bits per heavy atom. The predicted molar refractivity (Wildman–Crippen MR) is 40.8 cm³/mol. The molecule has 0 radical (unpaired) electrons. The fraction of sp³-hybridized carbons (Fsp3) is 1.00. The number of hydrogen-bond acceptors (Lipinski definition) is 3. The number of rotatable bonds is 1. The molecule has 1 unspecified atom stereocenters. The van der Waals surface area contributed by atoms with Gasteiger partial charge in [0.25, 0.3) is 4.45 Å². The van der Waals surface area contributed by atoms with Crippen molar-refractivity contribution in [2.24, 2.45) is 0 Å². The maximum Gasteiger partial charge on any atom is 0.288 e. The first-order chi connectivity index (χ1) is 4.54. The molecular formula is C5H9BrN2O2. The van der Waals surface area contributed by atoms with Crippen molar-refractivity contribution < 1.29 is 4.92 Å². The van der Waals surface area contributed by atoms with E-state index in [-0.39, 0.29) is 4.92 Å². The molecule has 0 aromatic heterocycles. The second-order valence-electron chi connectivity index (χ2n) is 2.66. The number of halogens is 1. The van der Waals surface area contributed by atoms with Gasteiger partial charge in [-0.1, -0.05) is 0 Å². The summed E-state index contributed by atoms with van der Waals surface area (Å²) in [4.78, 5) is 12.1. The standard InChI is InChI=1S/C5H9BrN2O2/c1-7-3-2-5(6,4-7)8(9)10/h2-4H2,1H3. The Kier molecular flexibility index (Phi) is 1.96. The zero-order chi connectivity index (χ0) is 7.78. The van der Waals surface area contributed by atoms with E-state index in [1.807, 2.05) is 11.9 Å². The van der Waals surface area contributed by atoms with Gasteiger partial charge in [0.2, 0.25) is 0 Å². The minimum atomic E-state index is -0.873. The summed E-state index contributed by atoms with van der Waals surface area (Å²) in [7, 11) is 1.88. The molecule has 58 valence electrons. The Morgan fingerprint density at radius 2 is 2.40 bits per heavy atom. The number of likely N-dealkylation sites (tertiary alicyclic amines) is 1. The van der Waals surface area contributed by atoms with Crippen LogP contribution >= 0.6 is 15.9 Å². The van der Waals surface area contributed by atoms with Crippen molar-refractivity contribution in [3.8, 4) is 0 Å². The first kappa shape index (κ1) is 7.94. The number of alkyl halides is 1. The molecule has 1 aliphatic heterocycles. The van der Waals surface area contributed by atoms with Crippen LogP contribution < -0.4 is 0 Å². The van der Waals surface area contributed by atoms with E-state index >= 15 is 0 Å². The van der Waals surface area contributed by atoms with Gasteiger partial charge in [0.1, 0.15) is 0 Å². The van der Waals surface area contributed by atoms with Crippen molar-refractivity contribution in [2.75, 3.05) is 20.1 Å². The lowest BCUT2D eigenvalue weighted by atomic mass is 10.3. The SMILES string of the molecule is CN1CCC(Br)([N+](=O)[O-])C1. The van der Waals surface area contributed by atoms with Crippen LogP contribution in [0.5, 0.6) is 0 Å². The number of nitrogens with zero attached hydrogens (tertiary/aromatic N) is 2. The molecule has 1 heterocycles. The van der Waals surface area contributed by atoms with Gasteiger partial charge in [0, 0.05) is 33.8 Å². The van der Waals surface area contributed by atoms with Crippen LogP contribution in [0.15, 0.2) is 0 Å². The van der Waals surface area contributed by atoms with E-state index in [0.29, 0.717) is 13.0 Å². The molecule has 0 aromatic rings. The van der Waals surface area contributed by atoms with E-state index in [1.54, 1.807) is 0 Å². The lowest BCUT2D eigenvalue weighted by molar-refractivity contribution is -0.530. The fourth-order valence-corrected chi connectivity index (χ4v) is 1.69. The van der Waals surface area contributed by atoms with Crippen molar-refractivity contribution in [3.63, 3.8) is 0 Å². The highest BCUT2D eigenvalue weighted by Gasteiger charge is 2.45. The maximum atomic E-state index is 10.4. The second-order valence-corrected chi connectivity index (χ2v) is 4.14. The molecular weight excluding hydrogens is 200 g/mol. The van der Waals surface area contributed by atoms with Crippen LogP contribution in [-0.2, 0) is 0 Å². The molecule has 0 spiro atoms. The molecule has 0 aliphatic carbocycles. The molecule has 0 amide bonds. The Labute approximate surface area is 67.5 Å². The van der Waals surface area contributed by atoms with E-state index < -0.39 is 4.45 Å². The van der Waals surface area contributed by atoms with Gasteiger partial charge >= 0.3 is 0 Å². The molecule has 0 bridgehead atoms. The maximum absolute atomic E-state index is 10.4. The van der Waals surface area contributed by atoms with Crippen LogP contribution in [0.4, 0.5) is 0 Å². The molecule has 0 saturated carbocycles. The monoisotopic (exact) mass is 208 g/mol. The third kappa shape index (κ3) is 1.29. The van der Waals surface area contributed by atoms with E-state index in [9.17, 15) is 10.1 Å². The van der Waals surface area contributed by atoms with Crippen molar-refractivity contribution in [3.05, 3.63) is 10.1 Å². The van der Waals surface area contributed by atoms with E-state index in [4.69, 9.17) is 0 Å². The lowest BCUT2D eigenvalue weighted by Gasteiger charge is -2.11. The summed E-state index contributed by atoms with van der Waals surface area (Å²) in [5.74, 6) is 0. The molecule has 0 aromatic carbocycles. The summed E-state index contributed by atoms with van der Waals surface area (Å²) >= 11 is 3.11. The van der Waals surface area contributed by atoms with Gasteiger partial charge in [-0.25, -0.2) is 0 Å². The van der Waals surface area contributed by atoms with Crippen LogP contribution in [0.2, 0.25) is 0 Å². The van der Waals surface area contributed by atoms with Crippen molar-refractivity contribution >= 4 is 15.9 Å². The van der Waals surface area contributed by atoms with Gasteiger partial charge in [0.15, 0.2) is 0 Å². The van der Waals surface area contributed by atoms with Crippen LogP contribution in [0.25, 0.3) is 0 Å². The molecule has 1 rings (SSSR count). The van der Waals surface area contributed by atoms with E-state index in [2.05, 4.69) is 15.9 Å². The second kappa shape index (κ2) is 2.47. The average Bonchev–Trinajstić information content (AvgIpc) is 2.13. The molecule has 1 aliphatic rings. The van der Waals surface area contributed by atoms with Crippen molar-refractivity contribution in [1.82, 2.24) is 4.90 Å². The molecule has 5 heteroatoms. The molecule has 10 heavy (non-hydrogen) atoms. The van der Waals surface area contributed by atoms with Crippen LogP contribution in [-0.4, -0.2) is 34.4 Å². The predicted octanol–water partition coefficient (Wildman–Crippen LogP) is 0.690. The van der Waals surface area contributed by atoms with E-state index in [1.165, 1.54) is 0 Å². The van der Waals surface area contributed by atoms with Gasteiger partial charge < -0.3 is 0 Å². The first-order valence-electron chi connectivity index (χ1n) is 3.06. The lowest BCUT2D eigenvalue weighted by Crippen LogP contribution is -2.33. The first-order valence-corrected chi connectivity index (χ1v) is 3.86. The quantitative estimate of drug-likeness (QED) is 0.276. The van der Waals surface area contributed by atoms with Gasteiger partial charge in [0.05, 0.1) is 6.54 Å². The van der Waals surface area contributed by atoms with Gasteiger partial charge in [-0.05, 0) is 7.05 Å². The van der Waals surface area contributed by atoms with Crippen molar-refractivity contribution in [2.45, 2.75) is 10.9 Å². The molecule has 1 fully saturated rings. The summed E-state index contributed by atoms with van der Waals surface area (Å²) in [5, 5.41) is 10.4. The van der Waals surface area contributed by atoms with Crippen LogP contribution in [0.1, 0.15) is 6.42 Å². The molecule has 4 nitrogen and oxygen atoms in total.